The Bertz CT molecular complexity index is 438. The molecule has 2 rings (SSSR count). The second-order valence-electron chi connectivity index (χ2n) is 5.66. The first-order valence-electron chi connectivity index (χ1n) is 7.11. The van der Waals surface area contributed by atoms with Crippen LogP contribution in [-0.2, 0) is 11.3 Å². The Kier molecular flexibility index (Phi) is 5.09. The molecule has 1 aliphatic rings. The molecule has 0 bridgehead atoms. The summed E-state index contributed by atoms with van der Waals surface area (Å²) in [7, 11) is 3.97. The molecule has 1 aliphatic heterocycles. The largest absolute Gasteiger partial charge is 0.339 e. The lowest BCUT2D eigenvalue weighted by atomic mass is 10.2. The number of amides is 1. The van der Waals surface area contributed by atoms with Crippen molar-refractivity contribution in [3.8, 4) is 0 Å². The number of pyridine rings is 1. The molecular formula is C15H24N4O. The minimum Gasteiger partial charge on any atom is -0.339 e. The summed E-state index contributed by atoms with van der Waals surface area (Å²) in [5.41, 5.74) is 2.07. The van der Waals surface area contributed by atoms with Gasteiger partial charge in [-0.1, -0.05) is 6.07 Å². The summed E-state index contributed by atoms with van der Waals surface area (Å²) >= 11 is 0. The van der Waals surface area contributed by atoms with Gasteiger partial charge in [0, 0.05) is 39.4 Å². The van der Waals surface area contributed by atoms with Gasteiger partial charge >= 0.3 is 0 Å². The van der Waals surface area contributed by atoms with E-state index in [0.29, 0.717) is 13.1 Å². The Balaban J connectivity index is 1.81. The summed E-state index contributed by atoms with van der Waals surface area (Å²) in [6.07, 6.45) is 1.84. The van der Waals surface area contributed by atoms with E-state index in [2.05, 4.69) is 21.8 Å². The molecular weight excluding hydrogens is 252 g/mol. The number of carbonyl (C=O) groups excluding carboxylic acids is 1. The molecule has 2 heterocycles. The van der Waals surface area contributed by atoms with E-state index >= 15 is 0 Å². The molecule has 0 saturated carbocycles. The summed E-state index contributed by atoms with van der Waals surface area (Å²) < 4.78 is 0. The maximum absolute atomic E-state index is 12.2. The average Bonchev–Trinajstić information content (AvgIpc) is 2.44. The minimum absolute atomic E-state index is 0.164. The minimum atomic E-state index is 0.164. The van der Waals surface area contributed by atoms with Crippen molar-refractivity contribution in [2.24, 2.45) is 0 Å². The maximum atomic E-state index is 12.2. The van der Waals surface area contributed by atoms with E-state index in [1.54, 1.807) is 4.90 Å². The molecule has 0 atom stereocenters. The van der Waals surface area contributed by atoms with Gasteiger partial charge in [0.15, 0.2) is 0 Å². The van der Waals surface area contributed by atoms with Gasteiger partial charge in [-0.05, 0) is 25.6 Å². The third-order valence-corrected chi connectivity index (χ3v) is 3.75. The number of carbonyl (C=O) groups is 1. The lowest BCUT2D eigenvalue weighted by Gasteiger charge is -2.32. The summed E-state index contributed by atoms with van der Waals surface area (Å²) in [6.45, 7) is 7.12. The second kappa shape index (κ2) is 6.81. The van der Waals surface area contributed by atoms with E-state index in [1.165, 1.54) is 0 Å². The van der Waals surface area contributed by atoms with Crippen molar-refractivity contribution in [1.29, 1.82) is 0 Å². The molecule has 1 saturated heterocycles. The Morgan fingerprint density at radius 2 is 2.00 bits per heavy atom. The topological polar surface area (TPSA) is 39.7 Å². The normalized spacial score (nSPS) is 17.1. The molecule has 1 fully saturated rings. The standard InChI is InChI=1S/C15H24N4O/c1-13-4-5-14(16-10-13)11-18(3)15(20)12-19-8-6-17(2)7-9-19/h4-5,10H,6-9,11-12H2,1-3H3. The SMILES string of the molecule is Cc1ccc(CN(C)C(=O)CN2CCN(C)CC2)nc1. The fraction of sp³-hybridized carbons (Fsp3) is 0.600. The van der Waals surface area contributed by atoms with Gasteiger partial charge < -0.3 is 9.80 Å². The van der Waals surface area contributed by atoms with E-state index in [4.69, 9.17) is 0 Å². The van der Waals surface area contributed by atoms with Crippen LogP contribution in [0.3, 0.4) is 0 Å². The summed E-state index contributed by atoms with van der Waals surface area (Å²) in [6, 6.07) is 4.01. The van der Waals surface area contributed by atoms with Crippen LogP contribution in [0.25, 0.3) is 0 Å². The van der Waals surface area contributed by atoms with Gasteiger partial charge in [-0.25, -0.2) is 0 Å². The monoisotopic (exact) mass is 276 g/mol. The molecule has 0 spiro atoms. The number of rotatable bonds is 4. The van der Waals surface area contributed by atoms with Crippen molar-refractivity contribution < 1.29 is 4.79 Å². The number of hydrogen-bond acceptors (Lipinski definition) is 4. The number of piperazine rings is 1. The molecule has 0 radical (unpaired) electrons. The van der Waals surface area contributed by atoms with Crippen LogP contribution >= 0.6 is 0 Å². The first-order valence-corrected chi connectivity index (χ1v) is 7.11. The number of likely N-dealkylation sites (N-methyl/N-ethyl adjacent to an activating group) is 2. The zero-order chi connectivity index (χ0) is 14.5. The van der Waals surface area contributed by atoms with Crippen LogP contribution in [0.5, 0.6) is 0 Å². The zero-order valence-corrected chi connectivity index (χ0v) is 12.7. The van der Waals surface area contributed by atoms with Crippen molar-refractivity contribution in [2.75, 3.05) is 46.8 Å². The highest BCUT2D eigenvalue weighted by Crippen LogP contribution is 2.04. The Morgan fingerprint density at radius 1 is 1.30 bits per heavy atom. The van der Waals surface area contributed by atoms with Crippen LogP contribution in [-0.4, -0.2) is 72.4 Å². The van der Waals surface area contributed by atoms with Crippen molar-refractivity contribution in [3.05, 3.63) is 29.6 Å². The molecule has 0 N–H and O–H groups in total. The predicted octanol–water partition coefficient (Wildman–Crippen LogP) is 0.596. The van der Waals surface area contributed by atoms with E-state index in [0.717, 1.165) is 37.4 Å². The smallest absolute Gasteiger partial charge is 0.236 e. The highest BCUT2D eigenvalue weighted by molar-refractivity contribution is 5.77. The second-order valence-corrected chi connectivity index (χ2v) is 5.66. The van der Waals surface area contributed by atoms with Crippen molar-refractivity contribution in [1.82, 2.24) is 19.7 Å². The summed E-state index contributed by atoms with van der Waals surface area (Å²) in [4.78, 5) is 22.8. The third kappa shape index (κ3) is 4.28. The van der Waals surface area contributed by atoms with Crippen molar-refractivity contribution in [2.45, 2.75) is 13.5 Å². The maximum Gasteiger partial charge on any atom is 0.236 e. The lowest BCUT2D eigenvalue weighted by molar-refractivity contribution is -0.132. The first-order chi connectivity index (χ1) is 9.54. The van der Waals surface area contributed by atoms with Gasteiger partial charge in [0.25, 0.3) is 0 Å². The molecule has 0 aliphatic carbocycles. The van der Waals surface area contributed by atoms with Crippen LogP contribution in [0, 0.1) is 6.92 Å². The molecule has 20 heavy (non-hydrogen) atoms. The van der Waals surface area contributed by atoms with Crippen LogP contribution in [0.2, 0.25) is 0 Å². The number of nitrogens with zero attached hydrogens (tertiary/aromatic N) is 4. The molecule has 5 heteroatoms. The summed E-state index contributed by atoms with van der Waals surface area (Å²) in [5, 5.41) is 0. The van der Waals surface area contributed by atoms with Crippen LogP contribution in [0.1, 0.15) is 11.3 Å². The molecule has 1 aromatic heterocycles. The number of aryl methyl sites for hydroxylation is 1. The molecule has 0 unspecified atom stereocenters. The van der Waals surface area contributed by atoms with Gasteiger partial charge in [0.2, 0.25) is 5.91 Å². The first kappa shape index (κ1) is 14.9. The molecule has 1 aromatic rings. The highest BCUT2D eigenvalue weighted by Gasteiger charge is 2.18. The number of hydrogen-bond donors (Lipinski definition) is 0. The van der Waals surface area contributed by atoms with E-state index in [-0.39, 0.29) is 5.91 Å². The van der Waals surface area contributed by atoms with Crippen LogP contribution in [0.4, 0.5) is 0 Å². The molecule has 110 valence electrons. The Morgan fingerprint density at radius 3 is 2.60 bits per heavy atom. The van der Waals surface area contributed by atoms with E-state index in [1.807, 2.05) is 32.3 Å². The number of aromatic nitrogens is 1. The molecule has 1 amide bonds. The summed E-state index contributed by atoms with van der Waals surface area (Å²) in [5.74, 6) is 0.164. The molecule has 5 nitrogen and oxygen atoms in total. The average molecular weight is 276 g/mol. The third-order valence-electron chi connectivity index (χ3n) is 3.75. The van der Waals surface area contributed by atoms with Gasteiger partial charge in [-0.15, -0.1) is 0 Å². The van der Waals surface area contributed by atoms with E-state index in [9.17, 15) is 4.79 Å². The predicted molar refractivity (Wildman–Crippen MR) is 79.4 cm³/mol. The van der Waals surface area contributed by atoms with Crippen LogP contribution in [0.15, 0.2) is 18.3 Å². The highest BCUT2D eigenvalue weighted by atomic mass is 16.2. The lowest BCUT2D eigenvalue weighted by Crippen LogP contribution is -2.48. The van der Waals surface area contributed by atoms with E-state index < -0.39 is 0 Å². The fourth-order valence-electron chi connectivity index (χ4n) is 2.24. The fourth-order valence-corrected chi connectivity index (χ4v) is 2.24. The van der Waals surface area contributed by atoms with Gasteiger partial charge in [-0.2, -0.15) is 0 Å². The van der Waals surface area contributed by atoms with Gasteiger partial charge in [0.05, 0.1) is 18.8 Å². The van der Waals surface area contributed by atoms with Crippen molar-refractivity contribution in [3.63, 3.8) is 0 Å². The quantitative estimate of drug-likeness (QED) is 0.807. The van der Waals surface area contributed by atoms with Gasteiger partial charge in [-0.3, -0.25) is 14.7 Å². The molecule has 0 aromatic carbocycles. The van der Waals surface area contributed by atoms with Gasteiger partial charge in [0.1, 0.15) is 0 Å². The van der Waals surface area contributed by atoms with Crippen LogP contribution < -0.4 is 0 Å². The zero-order valence-electron chi connectivity index (χ0n) is 12.7. The van der Waals surface area contributed by atoms with Crippen molar-refractivity contribution >= 4 is 5.91 Å². The Labute approximate surface area is 121 Å². The Hall–Kier alpha value is -1.46.